The zero-order valence-electron chi connectivity index (χ0n) is 14.7. The molecule has 0 radical (unpaired) electrons. The van der Waals surface area contributed by atoms with Gasteiger partial charge in [0.15, 0.2) is 12.2 Å². The molecule has 1 N–H and O–H groups in total. The first-order valence-electron chi connectivity index (χ1n) is 8.48. The molecule has 2 aromatic carbocycles. The van der Waals surface area contributed by atoms with Crippen molar-refractivity contribution in [2.75, 3.05) is 11.9 Å². The van der Waals surface area contributed by atoms with E-state index >= 15 is 0 Å². The minimum absolute atomic E-state index is 0.0686. The van der Waals surface area contributed by atoms with E-state index in [9.17, 15) is 4.79 Å². The van der Waals surface area contributed by atoms with E-state index in [0.29, 0.717) is 28.4 Å². The van der Waals surface area contributed by atoms with Crippen molar-refractivity contribution < 1.29 is 13.9 Å². The van der Waals surface area contributed by atoms with Gasteiger partial charge in [-0.25, -0.2) is 4.98 Å². The van der Waals surface area contributed by atoms with Crippen molar-refractivity contribution in [3.8, 4) is 17.2 Å². The number of aryl methyl sites for hydroxylation is 1. The maximum absolute atomic E-state index is 12.1. The van der Waals surface area contributed by atoms with Crippen LogP contribution in [0.25, 0.3) is 22.6 Å². The zero-order chi connectivity index (χ0) is 18.6. The maximum Gasteiger partial charge on any atom is 0.262 e. The minimum atomic E-state index is -0.245. The third-order valence-electron chi connectivity index (χ3n) is 3.97. The molecule has 0 atom stereocenters. The van der Waals surface area contributed by atoms with Crippen molar-refractivity contribution >= 4 is 22.7 Å². The lowest BCUT2D eigenvalue weighted by molar-refractivity contribution is -0.118. The summed E-state index contributed by atoms with van der Waals surface area (Å²) in [6.07, 6.45) is 3.38. The second-order valence-corrected chi connectivity index (χ2v) is 6.09. The summed E-state index contributed by atoms with van der Waals surface area (Å²) in [5, 5.41) is 2.81. The average molecular weight is 359 g/mol. The first kappa shape index (κ1) is 16.8. The molecule has 0 aliphatic heterocycles. The Labute approximate surface area is 155 Å². The number of carbonyl (C=O) groups excluding carboxylic acids is 1. The summed E-state index contributed by atoms with van der Waals surface area (Å²) in [5.41, 5.74) is 3.86. The lowest BCUT2D eigenvalue weighted by Crippen LogP contribution is -2.20. The molecule has 4 aromatic rings. The molecular weight excluding hydrogens is 342 g/mol. The summed E-state index contributed by atoms with van der Waals surface area (Å²) >= 11 is 0. The van der Waals surface area contributed by atoms with Crippen LogP contribution in [-0.2, 0) is 4.79 Å². The van der Waals surface area contributed by atoms with Gasteiger partial charge in [-0.3, -0.25) is 9.78 Å². The van der Waals surface area contributed by atoms with Gasteiger partial charge in [-0.2, -0.15) is 0 Å². The smallest absolute Gasteiger partial charge is 0.262 e. The molecule has 0 aliphatic carbocycles. The van der Waals surface area contributed by atoms with Crippen LogP contribution in [0.15, 0.2) is 71.4 Å². The summed E-state index contributed by atoms with van der Waals surface area (Å²) in [7, 11) is 0. The Morgan fingerprint density at radius 2 is 2.00 bits per heavy atom. The van der Waals surface area contributed by atoms with Crippen LogP contribution < -0.4 is 10.1 Å². The van der Waals surface area contributed by atoms with Gasteiger partial charge in [0.05, 0.1) is 5.56 Å². The topological polar surface area (TPSA) is 77.2 Å². The highest BCUT2D eigenvalue weighted by Gasteiger charge is 2.10. The van der Waals surface area contributed by atoms with Crippen LogP contribution in [0.2, 0.25) is 0 Å². The Kier molecular flexibility index (Phi) is 4.53. The number of oxazole rings is 1. The zero-order valence-corrected chi connectivity index (χ0v) is 14.7. The van der Waals surface area contributed by atoms with Gasteiger partial charge in [0.2, 0.25) is 5.89 Å². The number of nitrogens with one attached hydrogen (secondary N) is 1. The lowest BCUT2D eigenvalue weighted by Gasteiger charge is -2.07. The van der Waals surface area contributed by atoms with Crippen molar-refractivity contribution in [2.24, 2.45) is 0 Å². The fraction of sp³-hybridized carbons (Fsp3) is 0.0952. The Balaban J connectivity index is 1.44. The van der Waals surface area contributed by atoms with Gasteiger partial charge < -0.3 is 14.5 Å². The summed E-state index contributed by atoms with van der Waals surface area (Å²) < 4.78 is 11.2. The minimum Gasteiger partial charge on any atom is -0.484 e. The number of anilines is 1. The first-order valence-corrected chi connectivity index (χ1v) is 8.48. The molecule has 0 fully saturated rings. The fourth-order valence-corrected chi connectivity index (χ4v) is 2.60. The molecule has 6 heteroatoms. The van der Waals surface area contributed by atoms with E-state index in [1.165, 1.54) is 0 Å². The van der Waals surface area contributed by atoms with E-state index < -0.39 is 0 Å². The number of ether oxygens (including phenoxy) is 1. The van der Waals surface area contributed by atoms with Gasteiger partial charge in [-0.05, 0) is 49.4 Å². The number of aromatic nitrogens is 2. The number of rotatable bonds is 5. The molecule has 4 rings (SSSR count). The molecule has 0 unspecified atom stereocenters. The Morgan fingerprint density at radius 1 is 1.15 bits per heavy atom. The predicted octanol–water partition coefficient (Wildman–Crippen LogP) is 4.22. The standard InChI is InChI=1S/C21H17N3O3/c1-14-4-7-17(8-5-14)26-13-20(25)23-16-6-9-19-18(11-16)24-21(27-19)15-3-2-10-22-12-15/h2-12H,13H2,1H3,(H,23,25). The normalized spacial score (nSPS) is 10.7. The number of nitrogens with zero attached hydrogens (tertiary/aromatic N) is 2. The SMILES string of the molecule is Cc1ccc(OCC(=O)Nc2ccc3oc(-c4cccnc4)nc3c2)cc1. The highest BCUT2D eigenvalue weighted by atomic mass is 16.5. The molecule has 134 valence electrons. The van der Waals surface area contributed by atoms with E-state index in [2.05, 4.69) is 15.3 Å². The molecule has 0 bridgehead atoms. The maximum atomic E-state index is 12.1. The summed E-state index contributed by atoms with van der Waals surface area (Å²) in [4.78, 5) is 20.7. The van der Waals surface area contributed by atoms with Gasteiger partial charge in [-0.15, -0.1) is 0 Å². The highest BCUT2D eigenvalue weighted by Crippen LogP contribution is 2.25. The molecule has 0 aliphatic rings. The number of fused-ring (bicyclic) bond motifs is 1. The van der Waals surface area contributed by atoms with Crippen molar-refractivity contribution in [3.63, 3.8) is 0 Å². The third kappa shape index (κ3) is 3.95. The van der Waals surface area contributed by atoms with Crippen molar-refractivity contribution in [1.29, 1.82) is 0 Å². The molecule has 0 saturated heterocycles. The van der Waals surface area contributed by atoms with Crippen LogP contribution >= 0.6 is 0 Å². The lowest BCUT2D eigenvalue weighted by atomic mass is 10.2. The number of pyridine rings is 1. The fourth-order valence-electron chi connectivity index (χ4n) is 2.60. The highest BCUT2D eigenvalue weighted by molar-refractivity contribution is 5.94. The molecule has 0 saturated carbocycles. The predicted molar refractivity (Wildman–Crippen MR) is 103 cm³/mol. The van der Waals surface area contributed by atoms with Crippen LogP contribution in [0.3, 0.4) is 0 Å². The van der Waals surface area contributed by atoms with E-state index in [1.807, 2.05) is 43.3 Å². The van der Waals surface area contributed by atoms with E-state index in [0.717, 1.165) is 11.1 Å². The van der Waals surface area contributed by atoms with Gasteiger partial charge in [0.25, 0.3) is 5.91 Å². The van der Waals surface area contributed by atoms with Crippen LogP contribution in [0.4, 0.5) is 5.69 Å². The quantitative estimate of drug-likeness (QED) is 0.577. The summed E-state index contributed by atoms with van der Waals surface area (Å²) in [6, 6.07) is 16.6. The molecule has 27 heavy (non-hydrogen) atoms. The number of benzene rings is 2. The monoisotopic (exact) mass is 359 g/mol. The Hall–Kier alpha value is -3.67. The number of carbonyl (C=O) groups is 1. The molecule has 0 spiro atoms. The van der Waals surface area contributed by atoms with Crippen LogP contribution in [-0.4, -0.2) is 22.5 Å². The van der Waals surface area contributed by atoms with Crippen molar-refractivity contribution in [3.05, 3.63) is 72.6 Å². The summed E-state index contributed by atoms with van der Waals surface area (Å²) in [6.45, 7) is 1.93. The Bertz CT molecular complexity index is 1070. The van der Waals surface area contributed by atoms with Gasteiger partial charge in [0.1, 0.15) is 11.3 Å². The molecule has 2 heterocycles. The summed E-state index contributed by atoms with van der Waals surface area (Å²) in [5.74, 6) is 0.902. The number of hydrogen-bond donors (Lipinski definition) is 1. The van der Waals surface area contributed by atoms with Crippen LogP contribution in [0.5, 0.6) is 5.75 Å². The van der Waals surface area contributed by atoms with E-state index in [1.54, 1.807) is 30.6 Å². The van der Waals surface area contributed by atoms with Gasteiger partial charge in [-0.1, -0.05) is 17.7 Å². The number of amides is 1. The third-order valence-corrected chi connectivity index (χ3v) is 3.97. The van der Waals surface area contributed by atoms with Crippen LogP contribution in [0, 0.1) is 6.92 Å². The molecule has 2 aromatic heterocycles. The largest absolute Gasteiger partial charge is 0.484 e. The van der Waals surface area contributed by atoms with E-state index in [4.69, 9.17) is 9.15 Å². The van der Waals surface area contributed by atoms with Gasteiger partial charge >= 0.3 is 0 Å². The van der Waals surface area contributed by atoms with Crippen molar-refractivity contribution in [2.45, 2.75) is 6.92 Å². The average Bonchev–Trinajstić information content (AvgIpc) is 3.12. The molecular formula is C21H17N3O3. The van der Waals surface area contributed by atoms with Crippen LogP contribution in [0.1, 0.15) is 5.56 Å². The second kappa shape index (κ2) is 7.29. The van der Waals surface area contributed by atoms with Gasteiger partial charge in [0, 0.05) is 18.1 Å². The Morgan fingerprint density at radius 3 is 2.78 bits per heavy atom. The molecule has 6 nitrogen and oxygen atoms in total. The second-order valence-electron chi connectivity index (χ2n) is 6.09. The van der Waals surface area contributed by atoms with Crippen molar-refractivity contribution in [1.82, 2.24) is 9.97 Å². The van der Waals surface area contributed by atoms with E-state index in [-0.39, 0.29) is 12.5 Å². The number of hydrogen-bond acceptors (Lipinski definition) is 5. The molecule has 1 amide bonds. The first-order chi connectivity index (χ1) is 13.2.